The highest BCUT2D eigenvalue weighted by Gasteiger charge is 1.91. The lowest BCUT2D eigenvalue weighted by atomic mass is 10.6. The summed E-state index contributed by atoms with van der Waals surface area (Å²) in [6, 6.07) is 1.80. The highest BCUT2D eigenvalue weighted by molar-refractivity contribution is 5.43. The third-order valence-corrected chi connectivity index (χ3v) is 1.10. The van der Waals surface area contributed by atoms with E-state index < -0.39 is 0 Å². The Kier molecular flexibility index (Phi) is 1.99. The molecule has 3 heteroatoms. The number of hydrogen-bond donors (Lipinski definition) is 0. The van der Waals surface area contributed by atoms with Gasteiger partial charge in [-0.3, -0.25) is 0 Å². The summed E-state index contributed by atoms with van der Waals surface area (Å²) in [6.07, 6.45) is 5.40. The fraction of sp³-hybridized carbons (Fsp3) is 0.143. The Hall–Kier alpha value is -1.38. The average Bonchev–Trinajstić information content (AvgIpc) is 2.36. The molecule has 0 N–H and O–H groups in total. The molecule has 0 saturated carbocycles. The SMILES string of the molecule is C=Nc1ccnn1/C=C\C. The first-order valence-corrected chi connectivity index (χ1v) is 3.01. The van der Waals surface area contributed by atoms with Crippen LogP contribution < -0.4 is 0 Å². The molecule has 0 spiro atoms. The molecular weight excluding hydrogens is 126 g/mol. The molecule has 0 fully saturated rings. The third kappa shape index (κ3) is 1.13. The van der Waals surface area contributed by atoms with Crippen LogP contribution in [0.15, 0.2) is 23.3 Å². The van der Waals surface area contributed by atoms with E-state index in [1.165, 1.54) is 0 Å². The zero-order valence-electron chi connectivity index (χ0n) is 5.86. The Morgan fingerprint density at radius 3 is 3.20 bits per heavy atom. The van der Waals surface area contributed by atoms with Gasteiger partial charge in [-0.05, 0) is 13.6 Å². The van der Waals surface area contributed by atoms with Gasteiger partial charge < -0.3 is 0 Å². The normalized spacial score (nSPS) is 10.5. The highest BCUT2D eigenvalue weighted by atomic mass is 15.3. The molecule has 1 rings (SSSR count). The summed E-state index contributed by atoms with van der Waals surface area (Å²) < 4.78 is 1.66. The lowest BCUT2D eigenvalue weighted by Gasteiger charge is -1.91. The van der Waals surface area contributed by atoms with Gasteiger partial charge in [-0.15, -0.1) is 0 Å². The van der Waals surface area contributed by atoms with Crippen LogP contribution in [0.2, 0.25) is 0 Å². The lowest BCUT2D eigenvalue weighted by molar-refractivity contribution is 0.933. The van der Waals surface area contributed by atoms with Crippen molar-refractivity contribution < 1.29 is 0 Å². The van der Waals surface area contributed by atoms with Gasteiger partial charge in [0.2, 0.25) is 0 Å². The molecule has 0 aliphatic rings. The number of aliphatic imine (C=N–C) groups is 1. The van der Waals surface area contributed by atoms with Crippen molar-refractivity contribution >= 4 is 18.7 Å². The molecule has 10 heavy (non-hydrogen) atoms. The molecular formula is C7H9N3. The molecule has 1 aromatic rings. The van der Waals surface area contributed by atoms with Crippen LogP contribution in [0.4, 0.5) is 5.82 Å². The van der Waals surface area contributed by atoms with Crippen molar-refractivity contribution in [3.8, 4) is 0 Å². The van der Waals surface area contributed by atoms with Crippen molar-refractivity contribution in [2.24, 2.45) is 4.99 Å². The molecule has 0 atom stereocenters. The van der Waals surface area contributed by atoms with Crippen molar-refractivity contribution in [1.29, 1.82) is 0 Å². The van der Waals surface area contributed by atoms with Gasteiger partial charge in [0, 0.05) is 12.3 Å². The standard InChI is InChI=1S/C7H9N3/c1-3-6-10-7(8-2)4-5-9-10/h3-6H,2H2,1H3/b6-3-. The summed E-state index contributed by atoms with van der Waals surface area (Å²) in [7, 11) is 0. The largest absolute Gasteiger partial charge is 0.245 e. The van der Waals surface area contributed by atoms with Crippen LogP contribution in [0.25, 0.3) is 6.20 Å². The number of hydrogen-bond acceptors (Lipinski definition) is 2. The van der Waals surface area contributed by atoms with Crippen LogP contribution in [0.3, 0.4) is 0 Å². The number of rotatable bonds is 2. The van der Waals surface area contributed by atoms with E-state index in [9.17, 15) is 0 Å². The topological polar surface area (TPSA) is 30.2 Å². The maximum Gasteiger partial charge on any atom is 0.154 e. The molecule has 3 nitrogen and oxygen atoms in total. The van der Waals surface area contributed by atoms with E-state index in [0.717, 1.165) is 5.82 Å². The van der Waals surface area contributed by atoms with Crippen molar-refractivity contribution in [3.05, 3.63) is 18.3 Å². The van der Waals surface area contributed by atoms with Crippen LogP contribution in [0, 0.1) is 0 Å². The summed E-state index contributed by atoms with van der Waals surface area (Å²) in [5.74, 6) is 0.762. The van der Waals surface area contributed by atoms with Gasteiger partial charge in [0.25, 0.3) is 0 Å². The van der Waals surface area contributed by atoms with Gasteiger partial charge in [0.15, 0.2) is 5.82 Å². The maximum atomic E-state index is 3.97. The van der Waals surface area contributed by atoms with Crippen LogP contribution in [-0.2, 0) is 0 Å². The lowest BCUT2D eigenvalue weighted by Crippen LogP contribution is -1.85. The minimum atomic E-state index is 0.762. The van der Waals surface area contributed by atoms with Crippen LogP contribution in [-0.4, -0.2) is 16.5 Å². The molecule has 52 valence electrons. The second-order valence-electron chi connectivity index (χ2n) is 1.77. The fourth-order valence-electron chi connectivity index (χ4n) is 0.689. The minimum Gasteiger partial charge on any atom is -0.245 e. The first-order chi connectivity index (χ1) is 4.88. The van der Waals surface area contributed by atoms with Crippen molar-refractivity contribution in [3.63, 3.8) is 0 Å². The van der Waals surface area contributed by atoms with Crippen molar-refractivity contribution in [2.45, 2.75) is 6.92 Å². The van der Waals surface area contributed by atoms with E-state index in [0.29, 0.717) is 0 Å². The molecule has 0 unspecified atom stereocenters. The van der Waals surface area contributed by atoms with Crippen LogP contribution >= 0.6 is 0 Å². The molecule has 1 heterocycles. The third-order valence-electron chi connectivity index (χ3n) is 1.10. The van der Waals surface area contributed by atoms with Gasteiger partial charge in [-0.25, -0.2) is 9.67 Å². The summed E-state index contributed by atoms with van der Waals surface area (Å²) in [5.41, 5.74) is 0. The van der Waals surface area contributed by atoms with Crippen LogP contribution in [0.5, 0.6) is 0 Å². The maximum absolute atomic E-state index is 3.97. The number of aromatic nitrogens is 2. The van der Waals surface area contributed by atoms with Gasteiger partial charge in [0.05, 0.1) is 6.20 Å². The van der Waals surface area contributed by atoms with E-state index in [4.69, 9.17) is 0 Å². The summed E-state index contributed by atoms with van der Waals surface area (Å²) in [4.78, 5) is 3.75. The molecule has 0 aliphatic heterocycles. The molecule has 0 bridgehead atoms. The fourth-order valence-corrected chi connectivity index (χ4v) is 0.689. The molecule has 0 aliphatic carbocycles. The summed E-state index contributed by atoms with van der Waals surface area (Å²) in [5, 5.41) is 3.97. The Bertz CT molecular complexity index is 247. The van der Waals surface area contributed by atoms with Gasteiger partial charge >= 0.3 is 0 Å². The molecule has 1 aromatic heterocycles. The van der Waals surface area contributed by atoms with E-state index >= 15 is 0 Å². The predicted molar refractivity (Wildman–Crippen MR) is 42.4 cm³/mol. The second kappa shape index (κ2) is 2.96. The van der Waals surface area contributed by atoms with Gasteiger partial charge in [0.1, 0.15) is 0 Å². The van der Waals surface area contributed by atoms with Crippen molar-refractivity contribution in [2.75, 3.05) is 0 Å². The smallest absolute Gasteiger partial charge is 0.154 e. The van der Waals surface area contributed by atoms with Crippen LogP contribution in [0.1, 0.15) is 6.92 Å². The zero-order chi connectivity index (χ0) is 7.40. The highest BCUT2D eigenvalue weighted by Crippen LogP contribution is 2.08. The minimum absolute atomic E-state index is 0.762. The Morgan fingerprint density at radius 2 is 2.60 bits per heavy atom. The Morgan fingerprint density at radius 1 is 1.80 bits per heavy atom. The van der Waals surface area contributed by atoms with Gasteiger partial charge in [-0.1, -0.05) is 6.08 Å². The van der Waals surface area contributed by atoms with E-state index in [1.54, 1.807) is 16.9 Å². The second-order valence-corrected chi connectivity index (χ2v) is 1.77. The Labute approximate surface area is 59.7 Å². The van der Waals surface area contributed by atoms with E-state index in [2.05, 4.69) is 16.8 Å². The molecule has 0 radical (unpaired) electrons. The number of nitrogens with zero attached hydrogens (tertiary/aromatic N) is 3. The molecule has 0 saturated heterocycles. The molecule has 0 amide bonds. The summed E-state index contributed by atoms with van der Waals surface area (Å²) >= 11 is 0. The average molecular weight is 135 g/mol. The predicted octanol–water partition coefficient (Wildman–Crippen LogP) is 1.71. The first kappa shape index (κ1) is 6.74. The monoisotopic (exact) mass is 135 g/mol. The Balaban J connectivity index is 3.00. The zero-order valence-corrected chi connectivity index (χ0v) is 5.86. The van der Waals surface area contributed by atoms with E-state index in [-0.39, 0.29) is 0 Å². The van der Waals surface area contributed by atoms with E-state index in [1.807, 2.05) is 19.2 Å². The summed E-state index contributed by atoms with van der Waals surface area (Å²) in [6.45, 7) is 5.33. The quantitative estimate of drug-likeness (QED) is 0.568. The van der Waals surface area contributed by atoms with Crippen molar-refractivity contribution in [1.82, 2.24) is 9.78 Å². The molecule has 0 aromatic carbocycles. The number of allylic oxidation sites excluding steroid dienone is 1. The first-order valence-electron chi connectivity index (χ1n) is 3.01. The van der Waals surface area contributed by atoms with Gasteiger partial charge in [-0.2, -0.15) is 5.10 Å².